The van der Waals surface area contributed by atoms with E-state index in [2.05, 4.69) is 110 Å². The van der Waals surface area contributed by atoms with E-state index in [9.17, 15) is 0 Å². The minimum Gasteiger partial charge on any atom is -0.478 e. The van der Waals surface area contributed by atoms with E-state index in [1.165, 1.54) is 16.7 Å². The number of benzene rings is 5. The van der Waals surface area contributed by atoms with Gasteiger partial charge in [-0.05, 0) is 58.7 Å². The molecule has 0 spiro atoms. The number of hydrogen-bond acceptors (Lipinski definition) is 6. The number of fused-ring (bicyclic) bond motifs is 6. The number of pyridine rings is 1. The van der Waals surface area contributed by atoms with Crippen LogP contribution in [0.1, 0.15) is 30.5 Å². The zero-order valence-electron chi connectivity index (χ0n) is 29.3. The van der Waals surface area contributed by atoms with Crippen LogP contribution in [0.25, 0.3) is 62.1 Å². The Labute approximate surface area is 308 Å². The molecule has 6 nitrogen and oxygen atoms in total. The third-order valence-corrected chi connectivity index (χ3v) is 10.6. The number of aromatic nitrogens is 4. The molecule has 0 amide bonds. The van der Waals surface area contributed by atoms with Gasteiger partial charge in [-0.25, -0.2) is 15.0 Å². The molecule has 53 heavy (non-hydrogen) atoms. The van der Waals surface area contributed by atoms with Crippen molar-refractivity contribution in [2.24, 2.45) is 0 Å². The standard InChI is InChI=1S/C47H34N4O2/c1-47(2)36-21-7-6-19-35(36)41-37(47)24-25-40-43(41)53-42-34(20-12-23-39(42)52-40)30-15-10-17-32(27-30)45-49-44(29-13-4-3-5-14-29)50-46(51-45)33-18-11-16-31(28-33)38-22-8-9-26-48-38/h3-28,39,42H,1-2H3. The van der Waals surface area contributed by atoms with Crippen molar-refractivity contribution in [3.8, 4) is 68.0 Å². The lowest BCUT2D eigenvalue weighted by Crippen LogP contribution is -2.40. The Kier molecular flexibility index (Phi) is 7.18. The molecule has 254 valence electrons. The molecule has 1 aliphatic heterocycles. The van der Waals surface area contributed by atoms with E-state index in [0.29, 0.717) is 17.5 Å². The monoisotopic (exact) mass is 686 g/mol. The van der Waals surface area contributed by atoms with Crippen molar-refractivity contribution < 1.29 is 9.47 Å². The lowest BCUT2D eigenvalue weighted by Gasteiger charge is -2.37. The topological polar surface area (TPSA) is 70.0 Å². The Balaban J connectivity index is 1.05. The molecule has 7 aromatic rings. The molecule has 3 aliphatic rings. The number of ether oxygens (including phenoxy) is 2. The predicted molar refractivity (Wildman–Crippen MR) is 209 cm³/mol. The van der Waals surface area contributed by atoms with Crippen LogP contribution in [-0.2, 0) is 5.41 Å². The summed E-state index contributed by atoms with van der Waals surface area (Å²) < 4.78 is 13.7. The van der Waals surface area contributed by atoms with Crippen LogP contribution in [0.2, 0.25) is 0 Å². The molecular formula is C47H34N4O2. The molecule has 5 aromatic carbocycles. The molecule has 10 rings (SSSR count). The second-order valence-corrected chi connectivity index (χ2v) is 14.2. The Bertz CT molecular complexity index is 2610. The lowest BCUT2D eigenvalue weighted by molar-refractivity contribution is 0.0821. The summed E-state index contributed by atoms with van der Waals surface area (Å²) in [6.07, 6.45) is 7.47. The maximum absolute atomic E-state index is 7.05. The molecule has 2 unspecified atom stereocenters. The summed E-state index contributed by atoms with van der Waals surface area (Å²) in [7, 11) is 0. The fourth-order valence-corrected chi connectivity index (χ4v) is 7.90. The van der Waals surface area contributed by atoms with Crippen LogP contribution in [-0.4, -0.2) is 32.1 Å². The molecule has 6 heteroatoms. The predicted octanol–water partition coefficient (Wildman–Crippen LogP) is 10.4. The zero-order valence-corrected chi connectivity index (χ0v) is 29.3. The molecule has 3 heterocycles. The average Bonchev–Trinajstić information content (AvgIpc) is 3.46. The number of hydrogen-bond donors (Lipinski definition) is 0. The Morgan fingerprint density at radius 1 is 0.566 bits per heavy atom. The van der Waals surface area contributed by atoms with Crippen molar-refractivity contribution in [1.29, 1.82) is 0 Å². The summed E-state index contributed by atoms with van der Waals surface area (Å²) in [4.78, 5) is 19.6. The third-order valence-electron chi connectivity index (χ3n) is 10.6. The third kappa shape index (κ3) is 5.25. The van der Waals surface area contributed by atoms with Gasteiger partial charge in [0.15, 0.2) is 41.2 Å². The van der Waals surface area contributed by atoms with E-state index in [4.69, 9.17) is 24.4 Å². The molecular weight excluding hydrogens is 653 g/mol. The lowest BCUT2D eigenvalue weighted by atomic mass is 9.82. The highest BCUT2D eigenvalue weighted by Gasteiger charge is 2.42. The van der Waals surface area contributed by atoms with Crippen molar-refractivity contribution in [1.82, 2.24) is 19.9 Å². The maximum Gasteiger partial charge on any atom is 0.170 e. The van der Waals surface area contributed by atoms with Gasteiger partial charge in [-0.2, -0.15) is 0 Å². The quantitative estimate of drug-likeness (QED) is 0.180. The van der Waals surface area contributed by atoms with Crippen LogP contribution in [0.3, 0.4) is 0 Å². The SMILES string of the molecule is CC1(C)c2ccccc2-c2c1ccc1c2OC2C(c3cccc(-c4nc(-c5ccccc5)nc(-c5cccc(-c6ccccn6)c5)n4)c3)=CC=CC2O1. The van der Waals surface area contributed by atoms with Gasteiger partial charge in [0.1, 0.15) is 0 Å². The number of rotatable bonds is 5. The van der Waals surface area contributed by atoms with Gasteiger partial charge in [-0.15, -0.1) is 0 Å². The maximum atomic E-state index is 7.05. The summed E-state index contributed by atoms with van der Waals surface area (Å²) in [6.45, 7) is 4.56. The van der Waals surface area contributed by atoms with Gasteiger partial charge in [0.05, 0.1) is 5.69 Å². The van der Waals surface area contributed by atoms with Gasteiger partial charge in [0, 0.05) is 45.0 Å². The van der Waals surface area contributed by atoms with E-state index in [1.807, 2.05) is 60.7 Å². The van der Waals surface area contributed by atoms with Crippen LogP contribution >= 0.6 is 0 Å². The van der Waals surface area contributed by atoms with Crippen LogP contribution in [0.5, 0.6) is 11.5 Å². The molecule has 0 bridgehead atoms. The largest absolute Gasteiger partial charge is 0.478 e. The summed E-state index contributed by atoms with van der Waals surface area (Å²) in [5.74, 6) is 3.37. The summed E-state index contributed by atoms with van der Waals surface area (Å²) in [6, 6.07) is 45.4. The molecule has 0 N–H and O–H groups in total. The first-order valence-electron chi connectivity index (χ1n) is 17.9. The minimum absolute atomic E-state index is 0.137. The molecule has 0 saturated heterocycles. The molecule has 0 saturated carbocycles. The van der Waals surface area contributed by atoms with Crippen LogP contribution in [0.4, 0.5) is 0 Å². The number of nitrogens with zero attached hydrogens (tertiary/aromatic N) is 4. The van der Waals surface area contributed by atoms with Gasteiger partial charge < -0.3 is 9.47 Å². The second-order valence-electron chi connectivity index (χ2n) is 14.2. The van der Waals surface area contributed by atoms with Gasteiger partial charge in [0.25, 0.3) is 0 Å². The first kappa shape index (κ1) is 31.1. The summed E-state index contributed by atoms with van der Waals surface area (Å²) >= 11 is 0. The first-order chi connectivity index (χ1) is 26.0. The van der Waals surface area contributed by atoms with Crippen molar-refractivity contribution in [3.63, 3.8) is 0 Å². The van der Waals surface area contributed by atoms with E-state index in [1.54, 1.807) is 6.20 Å². The van der Waals surface area contributed by atoms with Crippen molar-refractivity contribution in [3.05, 3.63) is 175 Å². The highest BCUT2D eigenvalue weighted by atomic mass is 16.6. The first-order valence-corrected chi connectivity index (χ1v) is 17.9. The van der Waals surface area contributed by atoms with E-state index < -0.39 is 0 Å². The van der Waals surface area contributed by atoms with Gasteiger partial charge in [-0.3, -0.25) is 4.98 Å². The summed E-state index contributed by atoms with van der Waals surface area (Å²) in [5.41, 5.74) is 11.4. The van der Waals surface area contributed by atoms with Gasteiger partial charge >= 0.3 is 0 Å². The van der Waals surface area contributed by atoms with Crippen molar-refractivity contribution in [2.75, 3.05) is 0 Å². The second kappa shape index (κ2) is 12.2. The average molecular weight is 687 g/mol. The van der Waals surface area contributed by atoms with Crippen LogP contribution < -0.4 is 9.47 Å². The Morgan fingerprint density at radius 2 is 1.23 bits per heavy atom. The molecule has 0 fully saturated rings. The Hall–Kier alpha value is -6.66. The fraction of sp³-hybridized carbons (Fsp3) is 0.106. The van der Waals surface area contributed by atoms with Gasteiger partial charge in [-0.1, -0.05) is 129 Å². The van der Waals surface area contributed by atoms with Crippen LogP contribution in [0, 0.1) is 0 Å². The van der Waals surface area contributed by atoms with E-state index >= 15 is 0 Å². The number of allylic oxidation sites excluding steroid dienone is 2. The molecule has 2 aromatic heterocycles. The molecule has 2 aliphatic carbocycles. The van der Waals surface area contributed by atoms with Crippen LogP contribution in [0.15, 0.2) is 158 Å². The summed E-state index contributed by atoms with van der Waals surface area (Å²) in [5, 5.41) is 0. The van der Waals surface area contributed by atoms with E-state index in [0.717, 1.165) is 56.1 Å². The minimum atomic E-state index is -0.340. The van der Waals surface area contributed by atoms with Crippen molar-refractivity contribution in [2.45, 2.75) is 31.5 Å². The fourth-order valence-electron chi connectivity index (χ4n) is 7.90. The highest BCUT2D eigenvalue weighted by Crippen LogP contribution is 2.56. The highest BCUT2D eigenvalue weighted by molar-refractivity contribution is 5.88. The van der Waals surface area contributed by atoms with Crippen molar-refractivity contribution >= 4 is 5.57 Å². The van der Waals surface area contributed by atoms with E-state index in [-0.39, 0.29) is 17.6 Å². The smallest absolute Gasteiger partial charge is 0.170 e. The molecule has 0 radical (unpaired) electrons. The Morgan fingerprint density at radius 3 is 2.00 bits per heavy atom. The van der Waals surface area contributed by atoms with Gasteiger partial charge in [0.2, 0.25) is 0 Å². The normalized spacial score (nSPS) is 17.4. The zero-order chi connectivity index (χ0) is 35.5. The molecule has 2 atom stereocenters.